The number of rotatable bonds is 1. The van der Waals surface area contributed by atoms with Gasteiger partial charge in [-0.05, 0) is 42.8 Å². The normalized spacial score (nSPS) is 15.8. The molecule has 0 aliphatic carbocycles. The van der Waals surface area contributed by atoms with E-state index in [0.717, 1.165) is 47.2 Å². The predicted molar refractivity (Wildman–Crippen MR) is 77.5 cm³/mol. The van der Waals surface area contributed by atoms with Crippen molar-refractivity contribution in [1.82, 2.24) is 9.88 Å². The molecule has 0 fully saturated rings. The maximum Gasteiger partial charge on any atom is 0.0739 e. The lowest BCUT2D eigenvalue weighted by Gasteiger charge is -2.27. The van der Waals surface area contributed by atoms with Gasteiger partial charge < -0.3 is 10.0 Å². The number of likely N-dealkylation sites (N-methyl/N-ethyl adjacent to an activating group) is 1. The first-order chi connectivity index (χ1) is 9.10. The molecule has 2 aromatic rings. The Morgan fingerprint density at radius 1 is 1.42 bits per heavy atom. The molecule has 100 valence electrons. The molecule has 1 aliphatic rings. The van der Waals surface area contributed by atoms with Crippen LogP contribution in [0.3, 0.4) is 0 Å². The number of nitrogens with zero attached hydrogens (tertiary/aromatic N) is 2. The van der Waals surface area contributed by atoms with Gasteiger partial charge in [0.05, 0.1) is 12.1 Å². The molecule has 0 atom stereocenters. The van der Waals surface area contributed by atoms with Crippen LogP contribution in [0.4, 0.5) is 0 Å². The van der Waals surface area contributed by atoms with Crippen LogP contribution in [0, 0.1) is 6.92 Å². The molecule has 0 bridgehead atoms. The van der Waals surface area contributed by atoms with Crippen molar-refractivity contribution in [2.45, 2.75) is 26.5 Å². The highest BCUT2D eigenvalue weighted by molar-refractivity contribution is 6.31. The fourth-order valence-electron chi connectivity index (χ4n) is 2.87. The molecule has 0 amide bonds. The number of pyridine rings is 1. The number of fused-ring (bicyclic) bond motifs is 2. The van der Waals surface area contributed by atoms with Gasteiger partial charge in [0.15, 0.2) is 0 Å². The van der Waals surface area contributed by atoms with Crippen LogP contribution in [0.25, 0.3) is 10.9 Å². The van der Waals surface area contributed by atoms with Crippen LogP contribution in [0.2, 0.25) is 5.02 Å². The Bertz CT molecular complexity index is 654. The smallest absolute Gasteiger partial charge is 0.0739 e. The summed E-state index contributed by atoms with van der Waals surface area (Å²) >= 11 is 6.14. The number of aliphatic hydroxyl groups excluding tert-OH is 1. The monoisotopic (exact) mass is 276 g/mol. The lowest BCUT2D eigenvalue weighted by atomic mass is 9.95. The van der Waals surface area contributed by atoms with Gasteiger partial charge in [0.1, 0.15) is 0 Å². The second kappa shape index (κ2) is 4.75. The molecular formula is C15H17ClN2O. The number of benzene rings is 1. The minimum atomic E-state index is 0.0367. The zero-order valence-electron chi connectivity index (χ0n) is 11.2. The summed E-state index contributed by atoms with van der Waals surface area (Å²) in [6, 6.07) is 3.84. The summed E-state index contributed by atoms with van der Waals surface area (Å²) in [4.78, 5) is 7.06. The predicted octanol–water partition coefficient (Wildman–Crippen LogP) is 2.68. The van der Waals surface area contributed by atoms with Crippen LogP contribution >= 0.6 is 11.6 Å². The zero-order chi connectivity index (χ0) is 13.6. The molecule has 1 aromatic carbocycles. The molecule has 1 aliphatic heterocycles. The Morgan fingerprint density at radius 3 is 2.95 bits per heavy atom. The van der Waals surface area contributed by atoms with Crippen molar-refractivity contribution in [2.24, 2.45) is 0 Å². The van der Waals surface area contributed by atoms with Crippen LogP contribution in [0.15, 0.2) is 12.1 Å². The quantitative estimate of drug-likeness (QED) is 0.870. The lowest BCUT2D eigenvalue weighted by Crippen LogP contribution is -2.28. The SMILES string of the molecule is Cc1cc(Cl)cc2c(CO)c3c(nc12)CCN(C)C3. The molecule has 0 saturated carbocycles. The maximum atomic E-state index is 9.77. The van der Waals surface area contributed by atoms with Gasteiger partial charge in [0, 0.05) is 35.6 Å². The minimum Gasteiger partial charge on any atom is -0.392 e. The van der Waals surface area contributed by atoms with Gasteiger partial charge in [0.25, 0.3) is 0 Å². The summed E-state index contributed by atoms with van der Waals surface area (Å²) in [5.41, 5.74) is 5.32. The molecule has 3 nitrogen and oxygen atoms in total. The Morgan fingerprint density at radius 2 is 2.21 bits per heavy atom. The van der Waals surface area contributed by atoms with E-state index >= 15 is 0 Å². The summed E-state index contributed by atoms with van der Waals surface area (Å²) in [7, 11) is 2.09. The van der Waals surface area contributed by atoms with Crippen molar-refractivity contribution in [3.05, 3.63) is 39.5 Å². The van der Waals surface area contributed by atoms with Crippen molar-refractivity contribution in [3.63, 3.8) is 0 Å². The molecule has 0 radical (unpaired) electrons. The lowest BCUT2D eigenvalue weighted by molar-refractivity contribution is 0.271. The molecular weight excluding hydrogens is 260 g/mol. The number of aryl methyl sites for hydroxylation is 1. The summed E-state index contributed by atoms with van der Waals surface area (Å²) in [6.07, 6.45) is 0.941. The Kier molecular flexibility index (Phi) is 3.21. The number of aromatic nitrogens is 1. The third kappa shape index (κ3) is 2.12. The standard InChI is InChI=1S/C15H17ClN2O/c1-9-5-10(16)6-11-13(8-19)12-7-18(2)4-3-14(12)17-15(9)11/h5-6,19H,3-4,7-8H2,1-2H3. The maximum absolute atomic E-state index is 9.77. The number of hydrogen-bond acceptors (Lipinski definition) is 3. The molecule has 0 spiro atoms. The molecule has 0 saturated heterocycles. The van der Waals surface area contributed by atoms with Crippen molar-refractivity contribution >= 4 is 22.5 Å². The van der Waals surface area contributed by atoms with Crippen molar-refractivity contribution < 1.29 is 5.11 Å². The first kappa shape index (κ1) is 12.9. The number of hydrogen-bond donors (Lipinski definition) is 1. The van der Waals surface area contributed by atoms with Crippen molar-refractivity contribution in [2.75, 3.05) is 13.6 Å². The van der Waals surface area contributed by atoms with E-state index in [4.69, 9.17) is 16.6 Å². The van der Waals surface area contributed by atoms with E-state index in [2.05, 4.69) is 11.9 Å². The van der Waals surface area contributed by atoms with Gasteiger partial charge >= 0.3 is 0 Å². The Labute approximate surface area is 117 Å². The Hall–Kier alpha value is -1.16. The van der Waals surface area contributed by atoms with Gasteiger partial charge in [-0.1, -0.05) is 11.6 Å². The van der Waals surface area contributed by atoms with Gasteiger partial charge in [-0.3, -0.25) is 4.98 Å². The van der Waals surface area contributed by atoms with Gasteiger partial charge in [-0.2, -0.15) is 0 Å². The number of aliphatic hydroxyl groups is 1. The summed E-state index contributed by atoms with van der Waals surface area (Å²) in [5, 5.41) is 11.5. The van der Waals surface area contributed by atoms with E-state index in [1.54, 1.807) is 0 Å². The van der Waals surface area contributed by atoms with E-state index in [-0.39, 0.29) is 6.61 Å². The molecule has 4 heteroatoms. The molecule has 1 N–H and O–H groups in total. The summed E-state index contributed by atoms with van der Waals surface area (Å²) < 4.78 is 0. The third-order valence-corrected chi connectivity index (χ3v) is 4.08. The minimum absolute atomic E-state index is 0.0367. The zero-order valence-corrected chi connectivity index (χ0v) is 12.0. The fraction of sp³-hybridized carbons (Fsp3) is 0.400. The highest BCUT2D eigenvalue weighted by Crippen LogP contribution is 2.31. The van der Waals surface area contributed by atoms with Gasteiger partial charge in [-0.25, -0.2) is 0 Å². The van der Waals surface area contributed by atoms with Crippen LogP contribution in [-0.2, 0) is 19.6 Å². The van der Waals surface area contributed by atoms with Crippen LogP contribution in [0.1, 0.15) is 22.4 Å². The first-order valence-corrected chi connectivity index (χ1v) is 6.88. The largest absolute Gasteiger partial charge is 0.392 e. The highest BCUT2D eigenvalue weighted by Gasteiger charge is 2.21. The van der Waals surface area contributed by atoms with Crippen LogP contribution in [-0.4, -0.2) is 28.6 Å². The molecule has 2 heterocycles. The average Bonchev–Trinajstić information content (AvgIpc) is 2.36. The third-order valence-electron chi connectivity index (χ3n) is 3.87. The van der Waals surface area contributed by atoms with E-state index in [9.17, 15) is 5.11 Å². The highest BCUT2D eigenvalue weighted by atomic mass is 35.5. The topological polar surface area (TPSA) is 36.4 Å². The summed E-state index contributed by atoms with van der Waals surface area (Å²) in [6.45, 7) is 3.92. The van der Waals surface area contributed by atoms with Crippen molar-refractivity contribution in [3.8, 4) is 0 Å². The summed E-state index contributed by atoms with van der Waals surface area (Å²) in [5.74, 6) is 0. The van der Waals surface area contributed by atoms with E-state index in [1.165, 1.54) is 5.56 Å². The molecule has 19 heavy (non-hydrogen) atoms. The molecule has 1 aromatic heterocycles. The fourth-order valence-corrected chi connectivity index (χ4v) is 3.15. The second-order valence-corrected chi connectivity index (χ2v) is 5.72. The van der Waals surface area contributed by atoms with Gasteiger partial charge in [-0.15, -0.1) is 0 Å². The van der Waals surface area contributed by atoms with Crippen LogP contribution < -0.4 is 0 Å². The Balaban J connectivity index is 2.36. The van der Waals surface area contributed by atoms with Crippen molar-refractivity contribution in [1.29, 1.82) is 0 Å². The number of halogens is 1. The first-order valence-electron chi connectivity index (χ1n) is 6.50. The van der Waals surface area contributed by atoms with E-state index < -0.39 is 0 Å². The molecule has 0 unspecified atom stereocenters. The van der Waals surface area contributed by atoms with Gasteiger partial charge in [0.2, 0.25) is 0 Å². The van der Waals surface area contributed by atoms with E-state index in [0.29, 0.717) is 5.02 Å². The second-order valence-electron chi connectivity index (χ2n) is 5.28. The van der Waals surface area contributed by atoms with Crippen LogP contribution in [0.5, 0.6) is 0 Å². The molecule has 3 rings (SSSR count). The van der Waals surface area contributed by atoms with E-state index in [1.807, 2.05) is 19.1 Å². The average molecular weight is 277 g/mol.